The number of amides is 1. The second-order valence-electron chi connectivity index (χ2n) is 4.12. The minimum atomic E-state index is -0.546. The summed E-state index contributed by atoms with van der Waals surface area (Å²) in [6.45, 7) is 2.13. The fraction of sp³-hybridized carbons (Fsp3) is 0.143. The number of aromatic nitrogens is 1. The van der Waals surface area contributed by atoms with Crippen LogP contribution >= 0.6 is 15.9 Å². The SMILES string of the molecule is CCOc1ccc(NC(=O)c2cc(Br)cnc2N)cc1F. The van der Waals surface area contributed by atoms with Crippen molar-refractivity contribution in [2.75, 3.05) is 17.7 Å². The maximum atomic E-state index is 13.7. The monoisotopic (exact) mass is 353 g/mol. The zero-order valence-corrected chi connectivity index (χ0v) is 12.8. The number of carbonyl (C=O) groups excluding carboxylic acids is 1. The number of nitrogens with one attached hydrogen (secondary N) is 1. The third-order valence-electron chi connectivity index (χ3n) is 2.62. The van der Waals surface area contributed by atoms with Crippen LogP contribution in [-0.4, -0.2) is 17.5 Å². The number of anilines is 2. The van der Waals surface area contributed by atoms with Crippen molar-refractivity contribution in [3.05, 3.63) is 46.3 Å². The summed E-state index contributed by atoms with van der Waals surface area (Å²) in [7, 11) is 0. The van der Waals surface area contributed by atoms with E-state index in [1.807, 2.05) is 0 Å². The molecule has 1 aromatic carbocycles. The molecule has 0 aliphatic carbocycles. The quantitative estimate of drug-likeness (QED) is 0.884. The molecule has 0 radical (unpaired) electrons. The van der Waals surface area contributed by atoms with E-state index in [9.17, 15) is 9.18 Å². The Morgan fingerprint density at radius 3 is 2.90 bits per heavy atom. The van der Waals surface area contributed by atoms with Crippen LogP contribution in [0.2, 0.25) is 0 Å². The first-order valence-corrected chi connectivity index (χ1v) is 6.95. The van der Waals surface area contributed by atoms with Gasteiger partial charge in [0.15, 0.2) is 11.6 Å². The molecule has 0 spiro atoms. The van der Waals surface area contributed by atoms with Crippen molar-refractivity contribution in [1.82, 2.24) is 4.98 Å². The Morgan fingerprint density at radius 2 is 2.24 bits per heavy atom. The van der Waals surface area contributed by atoms with E-state index in [1.54, 1.807) is 19.1 Å². The van der Waals surface area contributed by atoms with E-state index in [4.69, 9.17) is 10.5 Å². The summed E-state index contributed by atoms with van der Waals surface area (Å²) in [5, 5.41) is 2.56. The topological polar surface area (TPSA) is 77.2 Å². The highest BCUT2D eigenvalue weighted by Crippen LogP contribution is 2.22. The third-order valence-corrected chi connectivity index (χ3v) is 3.05. The number of rotatable bonds is 4. The van der Waals surface area contributed by atoms with E-state index < -0.39 is 11.7 Å². The van der Waals surface area contributed by atoms with Crippen LogP contribution in [0.4, 0.5) is 15.9 Å². The van der Waals surface area contributed by atoms with E-state index in [0.717, 1.165) is 0 Å². The Labute approximate surface area is 129 Å². The van der Waals surface area contributed by atoms with Crippen molar-refractivity contribution in [3.8, 4) is 5.75 Å². The standard InChI is InChI=1S/C14H13BrFN3O2/c1-2-21-12-4-3-9(6-11(12)16)19-14(20)10-5-8(15)7-18-13(10)17/h3-7H,2H2,1H3,(H2,17,18)(H,19,20). The molecule has 0 aliphatic heterocycles. The van der Waals surface area contributed by atoms with Crippen molar-refractivity contribution in [2.45, 2.75) is 6.92 Å². The van der Waals surface area contributed by atoms with Gasteiger partial charge in [-0.15, -0.1) is 0 Å². The van der Waals surface area contributed by atoms with Crippen LogP contribution in [0.5, 0.6) is 5.75 Å². The molecule has 110 valence electrons. The molecule has 0 unspecified atom stereocenters. The Morgan fingerprint density at radius 1 is 1.48 bits per heavy atom. The summed E-state index contributed by atoms with van der Waals surface area (Å²) in [5.74, 6) is -0.777. The molecular weight excluding hydrogens is 341 g/mol. The number of hydrogen-bond acceptors (Lipinski definition) is 4. The summed E-state index contributed by atoms with van der Waals surface area (Å²) < 4.78 is 19.4. The molecule has 3 N–H and O–H groups in total. The lowest BCUT2D eigenvalue weighted by Gasteiger charge is -2.09. The van der Waals surface area contributed by atoms with Gasteiger partial charge in [0.05, 0.1) is 12.2 Å². The predicted molar refractivity (Wildman–Crippen MR) is 81.9 cm³/mol. The summed E-state index contributed by atoms with van der Waals surface area (Å²) in [6, 6.07) is 5.73. The maximum absolute atomic E-state index is 13.7. The summed E-state index contributed by atoms with van der Waals surface area (Å²) in [5.41, 5.74) is 6.16. The number of hydrogen-bond donors (Lipinski definition) is 2. The van der Waals surface area contributed by atoms with E-state index in [1.165, 1.54) is 18.3 Å². The van der Waals surface area contributed by atoms with E-state index >= 15 is 0 Å². The minimum Gasteiger partial charge on any atom is -0.491 e. The molecule has 0 aliphatic rings. The first-order chi connectivity index (χ1) is 10.0. The first-order valence-electron chi connectivity index (χ1n) is 6.16. The number of halogens is 2. The van der Waals surface area contributed by atoms with Crippen LogP contribution in [0.1, 0.15) is 17.3 Å². The number of carbonyl (C=O) groups is 1. The van der Waals surface area contributed by atoms with Crippen molar-refractivity contribution in [1.29, 1.82) is 0 Å². The highest BCUT2D eigenvalue weighted by atomic mass is 79.9. The Hall–Kier alpha value is -2.15. The van der Waals surface area contributed by atoms with Crippen molar-refractivity contribution in [2.24, 2.45) is 0 Å². The first kappa shape index (κ1) is 15.2. The smallest absolute Gasteiger partial charge is 0.259 e. The fourth-order valence-corrected chi connectivity index (χ4v) is 2.01. The number of nitrogens with zero attached hydrogens (tertiary/aromatic N) is 1. The van der Waals surface area contributed by atoms with Crippen molar-refractivity contribution in [3.63, 3.8) is 0 Å². The van der Waals surface area contributed by atoms with Gasteiger partial charge in [0.25, 0.3) is 5.91 Å². The summed E-state index contributed by atoms with van der Waals surface area (Å²) in [6.07, 6.45) is 1.49. The molecule has 1 aromatic heterocycles. The normalized spacial score (nSPS) is 10.2. The zero-order chi connectivity index (χ0) is 15.4. The van der Waals surface area contributed by atoms with Crippen LogP contribution < -0.4 is 15.8 Å². The predicted octanol–water partition coefficient (Wildman–Crippen LogP) is 3.22. The summed E-state index contributed by atoms with van der Waals surface area (Å²) in [4.78, 5) is 16.0. The molecule has 0 saturated heterocycles. The number of ether oxygens (including phenoxy) is 1. The van der Waals surface area contributed by atoms with Gasteiger partial charge in [-0.25, -0.2) is 9.37 Å². The van der Waals surface area contributed by atoms with Crippen LogP contribution in [0, 0.1) is 5.82 Å². The van der Waals surface area contributed by atoms with Crippen molar-refractivity contribution < 1.29 is 13.9 Å². The largest absolute Gasteiger partial charge is 0.491 e. The second kappa shape index (κ2) is 6.53. The molecule has 1 heterocycles. The molecule has 0 saturated carbocycles. The molecule has 0 atom stereocenters. The minimum absolute atomic E-state index is 0.0992. The third kappa shape index (κ3) is 3.69. The lowest BCUT2D eigenvalue weighted by molar-refractivity contribution is 0.102. The van der Waals surface area contributed by atoms with Gasteiger partial charge < -0.3 is 15.8 Å². The number of nitrogens with two attached hydrogens (primary N) is 1. The maximum Gasteiger partial charge on any atom is 0.259 e. The lowest BCUT2D eigenvalue weighted by atomic mass is 10.2. The highest BCUT2D eigenvalue weighted by molar-refractivity contribution is 9.10. The van der Waals surface area contributed by atoms with Gasteiger partial charge in [-0.3, -0.25) is 4.79 Å². The van der Waals surface area contributed by atoms with Gasteiger partial charge in [0, 0.05) is 22.4 Å². The molecule has 7 heteroatoms. The number of pyridine rings is 1. The number of nitrogen functional groups attached to an aromatic ring is 1. The van der Waals surface area contributed by atoms with Crippen LogP contribution in [0.15, 0.2) is 34.9 Å². The van der Waals surface area contributed by atoms with E-state index in [-0.39, 0.29) is 17.1 Å². The Balaban J connectivity index is 2.19. The van der Waals surface area contributed by atoms with Gasteiger partial charge in [-0.2, -0.15) is 0 Å². The van der Waals surface area contributed by atoms with Gasteiger partial charge in [-0.1, -0.05) is 0 Å². The van der Waals surface area contributed by atoms with Gasteiger partial charge in [0.1, 0.15) is 5.82 Å². The zero-order valence-electron chi connectivity index (χ0n) is 11.2. The summed E-state index contributed by atoms with van der Waals surface area (Å²) >= 11 is 3.21. The molecule has 1 amide bonds. The van der Waals surface area contributed by atoms with E-state index in [0.29, 0.717) is 16.8 Å². The van der Waals surface area contributed by atoms with Crippen LogP contribution in [0.3, 0.4) is 0 Å². The molecule has 5 nitrogen and oxygen atoms in total. The number of benzene rings is 1. The van der Waals surface area contributed by atoms with E-state index in [2.05, 4.69) is 26.2 Å². The fourth-order valence-electron chi connectivity index (χ4n) is 1.68. The lowest BCUT2D eigenvalue weighted by Crippen LogP contribution is -2.15. The van der Waals surface area contributed by atoms with Crippen LogP contribution in [-0.2, 0) is 0 Å². The molecule has 2 aromatic rings. The second-order valence-corrected chi connectivity index (χ2v) is 5.03. The molecule has 21 heavy (non-hydrogen) atoms. The highest BCUT2D eigenvalue weighted by Gasteiger charge is 2.13. The molecule has 0 fully saturated rings. The molecular formula is C14H13BrFN3O2. The Kier molecular flexibility index (Phi) is 4.74. The van der Waals surface area contributed by atoms with Crippen LogP contribution in [0.25, 0.3) is 0 Å². The average molecular weight is 354 g/mol. The van der Waals surface area contributed by atoms with Gasteiger partial charge in [-0.05, 0) is 41.1 Å². The van der Waals surface area contributed by atoms with Gasteiger partial charge in [0.2, 0.25) is 0 Å². The molecule has 0 bridgehead atoms. The van der Waals surface area contributed by atoms with Crippen molar-refractivity contribution >= 4 is 33.3 Å². The van der Waals surface area contributed by atoms with Gasteiger partial charge >= 0.3 is 0 Å². The molecule has 2 rings (SSSR count). The average Bonchev–Trinajstić information content (AvgIpc) is 2.44. The Bertz CT molecular complexity index is 679.